The number of carbonyl (C=O) groups is 1. The quantitative estimate of drug-likeness (QED) is 0.774. The lowest BCUT2D eigenvalue weighted by Gasteiger charge is -2.35. The van der Waals surface area contributed by atoms with Crippen LogP contribution in [0.2, 0.25) is 0 Å². The normalized spacial score (nSPS) is 16.6. The van der Waals surface area contributed by atoms with Gasteiger partial charge in [-0.25, -0.2) is 0 Å². The fraction of sp³-hybridized carbons (Fsp3) is 0.450. The molecule has 1 unspecified atom stereocenters. The highest BCUT2D eigenvalue weighted by Gasteiger charge is 2.26. The van der Waals surface area contributed by atoms with Crippen LogP contribution in [0.5, 0.6) is 0 Å². The third kappa shape index (κ3) is 4.71. The molecule has 1 aliphatic carbocycles. The monoisotopic (exact) mass is 342 g/mol. The Morgan fingerprint density at radius 3 is 2.96 bits per heavy atom. The number of hydrogen-bond acceptors (Lipinski definition) is 4. The molecule has 2 aromatic rings. The van der Waals surface area contributed by atoms with E-state index in [1.54, 1.807) is 6.26 Å². The van der Waals surface area contributed by atoms with Crippen LogP contribution in [0.3, 0.4) is 0 Å². The molecule has 0 fully saturated rings. The molecule has 0 spiro atoms. The van der Waals surface area contributed by atoms with Crippen LogP contribution in [0.1, 0.15) is 42.2 Å². The molecular formula is C20H26N2O3. The van der Waals surface area contributed by atoms with Crippen molar-refractivity contribution in [2.75, 3.05) is 19.7 Å². The number of carbonyl (C=O) groups excluding carboxylic acids is 1. The summed E-state index contributed by atoms with van der Waals surface area (Å²) < 4.78 is 5.26. The second-order valence-corrected chi connectivity index (χ2v) is 6.51. The van der Waals surface area contributed by atoms with Crippen molar-refractivity contribution in [3.8, 4) is 0 Å². The smallest absolute Gasteiger partial charge is 0.234 e. The van der Waals surface area contributed by atoms with Crippen molar-refractivity contribution in [2.45, 2.75) is 38.3 Å². The first-order valence-electron chi connectivity index (χ1n) is 8.99. The van der Waals surface area contributed by atoms with Crippen molar-refractivity contribution in [2.24, 2.45) is 0 Å². The first-order valence-corrected chi connectivity index (χ1v) is 8.99. The average Bonchev–Trinajstić information content (AvgIpc) is 3.16. The van der Waals surface area contributed by atoms with E-state index in [1.807, 2.05) is 12.1 Å². The lowest BCUT2D eigenvalue weighted by Crippen LogP contribution is -2.40. The van der Waals surface area contributed by atoms with Gasteiger partial charge in [0, 0.05) is 19.2 Å². The molecule has 134 valence electrons. The molecule has 2 N–H and O–H groups in total. The van der Waals surface area contributed by atoms with Crippen LogP contribution >= 0.6 is 0 Å². The van der Waals surface area contributed by atoms with E-state index in [-0.39, 0.29) is 18.6 Å². The van der Waals surface area contributed by atoms with Gasteiger partial charge < -0.3 is 14.8 Å². The van der Waals surface area contributed by atoms with E-state index < -0.39 is 0 Å². The highest BCUT2D eigenvalue weighted by Crippen LogP contribution is 2.34. The van der Waals surface area contributed by atoms with Crippen molar-refractivity contribution >= 4 is 5.91 Å². The molecule has 0 saturated heterocycles. The van der Waals surface area contributed by atoms with E-state index in [0.717, 1.165) is 25.0 Å². The Labute approximate surface area is 148 Å². The lowest BCUT2D eigenvalue weighted by atomic mass is 9.86. The van der Waals surface area contributed by atoms with E-state index in [0.29, 0.717) is 26.1 Å². The maximum Gasteiger partial charge on any atom is 0.234 e. The molecule has 1 amide bonds. The van der Waals surface area contributed by atoms with Crippen LogP contribution in [-0.4, -0.2) is 35.6 Å². The largest absolute Gasteiger partial charge is 0.467 e. The standard InChI is InChI=1S/C20H26N2O3/c23-12-5-11-22(15-20(24)21-14-17-8-4-13-25-17)19-10-3-7-16-6-1-2-9-18(16)19/h1-2,4,6,8-9,13,19,23H,3,5,7,10-12,14-15H2,(H,21,24). The summed E-state index contributed by atoms with van der Waals surface area (Å²) in [6, 6.07) is 12.4. The highest BCUT2D eigenvalue weighted by atomic mass is 16.3. The molecule has 1 aliphatic rings. The van der Waals surface area contributed by atoms with Gasteiger partial charge in [-0.3, -0.25) is 9.69 Å². The maximum atomic E-state index is 12.4. The molecule has 25 heavy (non-hydrogen) atoms. The van der Waals surface area contributed by atoms with Crippen LogP contribution in [0.15, 0.2) is 47.1 Å². The molecule has 1 aromatic carbocycles. The summed E-state index contributed by atoms with van der Waals surface area (Å²) in [5.74, 6) is 0.732. The fourth-order valence-corrected chi connectivity index (χ4v) is 3.57. The van der Waals surface area contributed by atoms with Crippen LogP contribution < -0.4 is 5.32 Å². The Kier molecular flexibility index (Phi) is 6.25. The second-order valence-electron chi connectivity index (χ2n) is 6.51. The predicted octanol–water partition coefficient (Wildman–Crippen LogP) is 2.66. The molecule has 3 rings (SSSR count). The van der Waals surface area contributed by atoms with Crippen molar-refractivity contribution in [3.63, 3.8) is 0 Å². The van der Waals surface area contributed by atoms with Gasteiger partial charge in [-0.05, 0) is 48.9 Å². The first kappa shape index (κ1) is 17.7. The number of rotatable bonds is 8. The van der Waals surface area contributed by atoms with Crippen molar-refractivity contribution in [1.82, 2.24) is 10.2 Å². The Bertz CT molecular complexity index is 669. The molecule has 0 saturated carbocycles. The van der Waals surface area contributed by atoms with Gasteiger partial charge in [-0.1, -0.05) is 24.3 Å². The number of nitrogens with zero attached hydrogens (tertiary/aromatic N) is 1. The van der Waals surface area contributed by atoms with Gasteiger partial charge in [-0.2, -0.15) is 0 Å². The van der Waals surface area contributed by atoms with E-state index in [1.165, 1.54) is 11.1 Å². The molecule has 0 bridgehead atoms. The van der Waals surface area contributed by atoms with E-state index in [9.17, 15) is 9.90 Å². The number of benzene rings is 1. The molecule has 5 nitrogen and oxygen atoms in total. The van der Waals surface area contributed by atoms with Crippen LogP contribution in [0, 0.1) is 0 Å². The molecule has 1 aromatic heterocycles. The third-order valence-electron chi connectivity index (χ3n) is 4.77. The number of aryl methyl sites for hydroxylation is 1. The summed E-state index contributed by atoms with van der Waals surface area (Å²) in [4.78, 5) is 14.6. The molecule has 5 heteroatoms. The topological polar surface area (TPSA) is 65.7 Å². The minimum absolute atomic E-state index is 0.0163. The van der Waals surface area contributed by atoms with Gasteiger partial charge in [0.15, 0.2) is 0 Å². The number of amides is 1. The Hall–Kier alpha value is -2.11. The number of aliphatic hydroxyl groups is 1. The Balaban J connectivity index is 1.66. The predicted molar refractivity (Wildman–Crippen MR) is 96.0 cm³/mol. The number of furan rings is 1. The summed E-state index contributed by atoms with van der Waals surface area (Å²) >= 11 is 0. The average molecular weight is 342 g/mol. The van der Waals surface area contributed by atoms with E-state index in [4.69, 9.17) is 4.42 Å². The second kappa shape index (κ2) is 8.83. The van der Waals surface area contributed by atoms with Crippen molar-refractivity contribution in [3.05, 3.63) is 59.5 Å². The summed E-state index contributed by atoms with van der Waals surface area (Å²) in [5, 5.41) is 12.1. The summed E-state index contributed by atoms with van der Waals surface area (Å²) in [7, 11) is 0. The van der Waals surface area contributed by atoms with Crippen LogP contribution in [-0.2, 0) is 17.8 Å². The zero-order valence-electron chi connectivity index (χ0n) is 14.5. The van der Waals surface area contributed by atoms with E-state index >= 15 is 0 Å². The summed E-state index contributed by atoms with van der Waals surface area (Å²) in [6.07, 6.45) is 5.56. The molecule has 1 heterocycles. The number of fused-ring (bicyclic) bond motifs is 1. The van der Waals surface area contributed by atoms with Crippen LogP contribution in [0.25, 0.3) is 0 Å². The molecular weight excluding hydrogens is 316 g/mol. The van der Waals surface area contributed by atoms with Gasteiger partial charge >= 0.3 is 0 Å². The minimum atomic E-state index is -0.0163. The summed E-state index contributed by atoms with van der Waals surface area (Å²) in [6.45, 7) is 1.59. The van der Waals surface area contributed by atoms with Gasteiger partial charge in [-0.15, -0.1) is 0 Å². The minimum Gasteiger partial charge on any atom is -0.467 e. The molecule has 0 aliphatic heterocycles. The third-order valence-corrected chi connectivity index (χ3v) is 4.77. The SMILES string of the molecule is O=C(CN(CCCO)C1CCCc2ccccc21)NCc1ccco1. The van der Waals surface area contributed by atoms with Gasteiger partial charge in [0.25, 0.3) is 0 Å². The van der Waals surface area contributed by atoms with Crippen LogP contribution in [0.4, 0.5) is 0 Å². The summed E-state index contributed by atoms with van der Waals surface area (Å²) in [5.41, 5.74) is 2.70. The number of aliphatic hydroxyl groups excluding tert-OH is 1. The lowest BCUT2D eigenvalue weighted by molar-refractivity contribution is -0.123. The fourth-order valence-electron chi connectivity index (χ4n) is 3.57. The highest BCUT2D eigenvalue weighted by molar-refractivity contribution is 5.78. The van der Waals surface area contributed by atoms with Crippen molar-refractivity contribution in [1.29, 1.82) is 0 Å². The maximum absolute atomic E-state index is 12.4. The number of nitrogens with one attached hydrogen (secondary N) is 1. The molecule has 0 radical (unpaired) electrons. The zero-order chi connectivity index (χ0) is 17.5. The van der Waals surface area contributed by atoms with Crippen molar-refractivity contribution < 1.29 is 14.3 Å². The molecule has 1 atom stereocenters. The Morgan fingerprint density at radius 2 is 2.16 bits per heavy atom. The first-order chi connectivity index (χ1) is 12.3. The number of hydrogen-bond donors (Lipinski definition) is 2. The van der Waals surface area contributed by atoms with Gasteiger partial charge in [0.05, 0.1) is 19.4 Å². The van der Waals surface area contributed by atoms with Gasteiger partial charge in [0.2, 0.25) is 5.91 Å². The Morgan fingerprint density at radius 1 is 1.28 bits per heavy atom. The van der Waals surface area contributed by atoms with E-state index in [2.05, 4.69) is 34.5 Å². The zero-order valence-corrected chi connectivity index (χ0v) is 14.5. The van der Waals surface area contributed by atoms with Gasteiger partial charge in [0.1, 0.15) is 5.76 Å².